The van der Waals surface area contributed by atoms with E-state index in [0.29, 0.717) is 16.1 Å². The van der Waals surface area contributed by atoms with Gasteiger partial charge in [0.25, 0.3) is 0 Å². The topological polar surface area (TPSA) is 40.9 Å². The van der Waals surface area contributed by atoms with Gasteiger partial charge in [0.2, 0.25) is 0 Å². The van der Waals surface area contributed by atoms with Crippen molar-refractivity contribution < 1.29 is 4.79 Å². The third-order valence-electron chi connectivity index (χ3n) is 2.99. The van der Waals surface area contributed by atoms with Gasteiger partial charge in [-0.05, 0) is 30.2 Å². The van der Waals surface area contributed by atoms with Gasteiger partial charge in [-0.2, -0.15) is 5.26 Å². The molecule has 0 amide bonds. The second-order valence-corrected chi connectivity index (χ2v) is 4.73. The Morgan fingerprint density at radius 1 is 1.21 bits per heavy atom. The van der Waals surface area contributed by atoms with Gasteiger partial charge in [0.05, 0.1) is 6.07 Å². The Balaban J connectivity index is 2.43. The minimum Gasteiger partial charge on any atom is -0.292 e. The van der Waals surface area contributed by atoms with E-state index in [1.54, 1.807) is 30.3 Å². The van der Waals surface area contributed by atoms with Crippen LogP contribution >= 0.6 is 11.6 Å². The Morgan fingerprint density at radius 2 is 1.89 bits per heavy atom. The van der Waals surface area contributed by atoms with Gasteiger partial charge in [0, 0.05) is 10.6 Å². The number of rotatable bonds is 3. The molecule has 2 aromatic rings. The van der Waals surface area contributed by atoms with E-state index < -0.39 is 5.92 Å². The second-order valence-electron chi connectivity index (χ2n) is 4.30. The summed E-state index contributed by atoms with van der Waals surface area (Å²) in [6.45, 7) is 1.84. The van der Waals surface area contributed by atoms with Crippen molar-refractivity contribution in [1.82, 2.24) is 0 Å². The molecule has 2 nitrogen and oxygen atoms in total. The van der Waals surface area contributed by atoms with Crippen LogP contribution in [-0.4, -0.2) is 5.78 Å². The smallest absolute Gasteiger partial charge is 0.184 e. The Labute approximate surface area is 117 Å². The average Bonchev–Trinajstić information content (AvgIpc) is 2.43. The van der Waals surface area contributed by atoms with Crippen molar-refractivity contribution in [3.63, 3.8) is 0 Å². The maximum absolute atomic E-state index is 12.5. The summed E-state index contributed by atoms with van der Waals surface area (Å²) in [5.74, 6) is -1.01. The van der Waals surface area contributed by atoms with Crippen molar-refractivity contribution in [1.29, 1.82) is 5.26 Å². The number of carbonyl (C=O) groups excluding carboxylic acids is 1. The summed E-state index contributed by atoms with van der Waals surface area (Å²) < 4.78 is 0. The van der Waals surface area contributed by atoms with Gasteiger partial charge in [0.15, 0.2) is 5.78 Å². The van der Waals surface area contributed by atoms with Gasteiger partial charge in [-0.1, -0.05) is 48.0 Å². The van der Waals surface area contributed by atoms with E-state index in [1.165, 1.54) is 0 Å². The monoisotopic (exact) mass is 269 g/mol. The minimum absolute atomic E-state index is 0.214. The van der Waals surface area contributed by atoms with Crippen LogP contribution in [-0.2, 0) is 0 Å². The molecule has 0 heterocycles. The molecule has 0 fully saturated rings. The van der Waals surface area contributed by atoms with Crippen molar-refractivity contribution >= 4 is 17.4 Å². The average molecular weight is 270 g/mol. The lowest BCUT2D eigenvalue weighted by Crippen LogP contribution is -2.12. The summed E-state index contributed by atoms with van der Waals surface area (Å²) in [4.78, 5) is 12.5. The molecule has 19 heavy (non-hydrogen) atoms. The van der Waals surface area contributed by atoms with Gasteiger partial charge < -0.3 is 0 Å². The summed E-state index contributed by atoms with van der Waals surface area (Å²) in [5, 5.41) is 9.77. The summed E-state index contributed by atoms with van der Waals surface area (Å²) in [5.41, 5.74) is 2.03. The lowest BCUT2D eigenvalue weighted by atomic mass is 9.90. The van der Waals surface area contributed by atoms with Crippen molar-refractivity contribution in [2.24, 2.45) is 0 Å². The van der Waals surface area contributed by atoms with E-state index in [1.807, 2.05) is 25.1 Å². The molecule has 1 atom stereocenters. The number of hydrogen-bond donors (Lipinski definition) is 0. The zero-order valence-electron chi connectivity index (χ0n) is 10.4. The fourth-order valence-corrected chi connectivity index (χ4v) is 2.12. The first-order valence-electron chi connectivity index (χ1n) is 5.88. The van der Waals surface area contributed by atoms with E-state index in [2.05, 4.69) is 6.07 Å². The first kappa shape index (κ1) is 13.3. The Kier molecular flexibility index (Phi) is 3.99. The number of carbonyl (C=O) groups is 1. The molecule has 0 aromatic heterocycles. The highest BCUT2D eigenvalue weighted by Crippen LogP contribution is 2.24. The fourth-order valence-electron chi connectivity index (χ4n) is 1.95. The maximum Gasteiger partial charge on any atom is 0.184 e. The first-order chi connectivity index (χ1) is 9.13. The minimum atomic E-state index is -0.793. The molecule has 94 valence electrons. The van der Waals surface area contributed by atoms with Crippen LogP contribution in [0.25, 0.3) is 0 Å². The largest absolute Gasteiger partial charge is 0.292 e. The van der Waals surface area contributed by atoms with Crippen molar-refractivity contribution in [2.45, 2.75) is 12.8 Å². The molecular formula is C16H12ClNO. The van der Waals surface area contributed by atoms with Gasteiger partial charge in [-0.25, -0.2) is 0 Å². The van der Waals surface area contributed by atoms with Crippen molar-refractivity contribution in [2.75, 3.05) is 0 Å². The molecule has 2 aromatic carbocycles. The number of hydrogen-bond acceptors (Lipinski definition) is 2. The van der Waals surface area contributed by atoms with Gasteiger partial charge in [-0.3, -0.25) is 4.79 Å². The van der Waals surface area contributed by atoms with E-state index in [9.17, 15) is 10.1 Å². The highest BCUT2D eigenvalue weighted by Gasteiger charge is 2.23. The van der Waals surface area contributed by atoms with Crippen LogP contribution < -0.4 is 0 Å². The van der Waals surface area contributed by atoms with Gasteiger partial charge >= 0.3 is 0 Å². The summed E-state index contributed by atoms with van der Waals surface area (Å²) >= 11 is 5.92. The van der Waals surface area contributed by atoms with Gasteiger partial charge in [0.1, 0.15) is 5.92 Å². The third-order valence-corrected chi connectivity index (χ3v) is 3.22. The quantitative estimate of drug-likeness (QED) is 0.786. The lowest BCUT2D eigenvalue weighted by molar-refractivity contribution is 0.0978. The molecule has 0 saturated carbocycles. The Hall–Kier alpha value is -2.11. The molecule has 0 saturated heterocycles. The summed E-state index contributed by atoms with van der Waals surface area (Å²) in [6, 6.07) is 16.3. The summed E-state index contributed by atoms with van der Waals surface area (Å²) in [6.07, 6.45) is 0. The normalized spacial score (nSPS) is 11.6. The van der Waals surface area contributed by atoms with Crippen molar-refractivity contribution in [3.8, 4) is 6.07 Å². The van der Waals surface area contributed by atoms with Crippen LogP contribution in [0.4, 0.5) is 0 Å². The van der Waals surface area contributed by atoms with E-state index >= 15 is 0 Å². The molecule has 0 aliphatic carbocycles. The van der Waals surface area contributed by atoms with Crippen LogP contribution in [0.1, 0.15) is 27.4 Å². The predicted molar refractivity (Wildman–Crippen MR) is 75.3 cm³/mol. The third kappa shape index (κ3) is 2.83. The molecule has 0 spiro atoms. The highest BCUT2D eigenvalue weighted by molar-refractivity contribution is 6.31. The van der Waals surface area contributed by atoms with Crippen molar-refractivity contribution in [3.05, 3.63) is 70.2 Å². The number of aryl methyl sites for hydroxylation is 1. The molecule has 0 N–H and O–H groups in total. The first-order valence-corrected chi connectivity index (χ1v) is 6.26. The van der Waals surface area contributed by atoms with Crippen LogP contribution in [0, 0.1) is 18.3 Å². The number of Topliss-reactive ketones (excluding diaryl/α,β-unsaturated/α-hetero) is 1. The molecular weight excluding hydrogens is 258 g/mol. The van der Waals surface area contributed by atoms with Crippen LogP contribution in [0.15, 0.2) is 48.5 Å². The van der Waals surface area contributed by atoms with E-state index in [0.717, 1.165) is 5.56 Å². The highest BCUT2D eigenvalue weighted by atomic mass is 35.5. The van der Waals surface area contributed by atoms with Crippen LogP contribution in [0.5, 0.6) is 0 Å². The lowest BCUT2D eigenvalue weighted by Gasteiger charge is -2.11. The number of halogens is 1. The number of ketones is 1. The molecule has 1 unspecified atom stereocenters. The fraction of sp³-hybridized carbons (Fsp3) is 0.125. The Morgan fingerprint density at radius 3 is 2.53 bits per heavy atom. The molecule has 3 heteroatoms. The molecule has 0 aliphatic heterocycles. The molecule has 0 aliphatic rings. The zero-order chi connectivity index (χ0) is 13.8. The number of benzene rings is 2. The predicted octanol–water partition coefficient (Wildman–Crippen LogP) is 4.14. The van der Waals surface area contributed by atoms with Crippen LogP contribution in [0.3, 0.4) is 0 Å². The Bertz CT molecular complexity index is 644. The molecule has 2 rings (SSSR count). The molecule has 0 bridgehead atoms. The van der Waals surface area contributed by atoms with Gasteiger partial charge in [-0.15, -0.1) is 0 Å². The second kappa shape index (κ2) is 5.69. The standard InChI is InChI=1S/C16H12ClNO/c1-11-7-8-13(17)9-14(11)16(19)15(10-18)12-5-3-2-4-6-12/h2-9,15H,1H3. The van der Waals surface area contributed by atoms with E-state index in [-0.39, 0.29) is 5.78 Å². The SMILES string of the molecule is Cc1ccc(Cl)cc1C(=O)C(C#N)c1ccccc1. The maximum atomic E-state index is 12.5. The number of nitrogens with zero attached hydrogens (tertiary/aromatic N) is 1. The summed E-state index contributed by atoms with van der Waals surface area (Å²) in [7, 11) is 0. The molecule has 0 radical (unpaired) electrons. The van der Waals surface area contributed by atoms with Crippen LogP contribution in [0.2, 0.25) is 5.02 Å². The van der Waals surface area contributed by atoms with E-state index in [4.69, 9.17) is 11.6 Å². The number of nitriles is 1. The zero-order valence-corrected chi connectivity index (χ0v) is 11.2.